The lowest BCUT2D eigenvalue weighted by Gasteiger charge is -2.13. The number of rotatable bonds is 5. The highest BCUT2D eigenvalue weighted by Gasteiger charge is 2.48. The minimum absolute atomic E-state index is 0.279. The van der Waals surface area contributed by atoms with Crippen LogP contribution in [0.4, 0.5) is 5.13 Å². The molecular weight excluding hydrogens is 412 g/mol. The molecule has 1 aliphatic carbocycles. The first-order chi connectivity index (χ1) is 14.0. The molecule has 0 bridgehead atoms. The summed E-state index contributed by atoms with van der Waals surface area (Å²) in [5.41, 5.74) is 1.75. The zero-order chi connectivity index (χ0) is 20.6. The van der Waals surface area contributed by atoms with Gasteiger partial charge in [-0.05, 0) is 31.9 Å². The standard InChI is InChI=1S/C19H15ClN6O2S/c1-10-5-11(12-6-15(20)23-8-14(12)28-2)13(7-22-10)16(27)24-18-26-25-17(29-18)19(9-21)3-4-19/h5-8H,3-4H2,1-2H3,(H,24,26,27). The lowest BCUT2D eigenvalue weighted by molar-refractivity contribution is 0.102. The van der Waals surface area contributed by atoms with Crippen LogP contribution in [0.3, 0.4) is 0 Å². The summed E-state index contributed by atoms with van der Waals surface area (Å²) in [5.74, 6) is 0.0870. The molecule has 3 aromatic rings. The fourth-order valence-corrected chi connectivity index (χ4v) is 3.98. The molecule has 0 radical (unpaired) electrons. The van der Waals surface area contributed by atoms with Crippen LogP contribution in [-0.2, 0) is 5.41 Å². The Morgan fingerprint density at radius 1 is 1.28 bits per heavy atom. The Bertz CT molecular complexity index is 1150. The lowest BCUT2D eigenvalue weighted by atomic mass is 10.0. The highest BCUT2D eigenvalue weighted by molar-refractivity contribution is 7.15. The molecule has 0 aliphatic heterocycles. The van der Waals surface area contributed by atoms with E-state index in [0.717, 1.165) is 18.5 Å². The van der Waals surface area contributed by atoms with Gasteiger partial charge in [0.2, 0.25) is 5.13 Å². The number of pyridine rings is 2. The maximum atomic E-state index is 13.0. The van der Waals surface area contributed by atoms with Crippen molar-refractivity contribution < 1.29 is 9.53 Å². The molecule has 4 rings (SSSR count). The van der Waals surface area contributed by atoms with E-state index in [2.05, 4.69) is 31.6 Å². The van der Waals surface area contributed by atoms with E-state index in [1.165, 1.54) is 30.8 Å². The van der Waals surface area contributed by atoms with E-state index >= 15 is 0 Å². The van der Waals surface area contributed by atoms with E-state index in [-0.39, 0.29) is 5.15 Å². The van der Waals surface area contributed by atoms with Gasteiger partial charge in [0, 0.05) is 23.0 Å². The van der Waals surface area contributed by atoms with Gasteiger partial charge in [-0.25, -0.2) is 4.98 Å². The van der Waals surface area contributed by atoms with Crippen molar-refractivity contribution in [3.05, 3.63) is 45.9 Å². The van der Waals surface area contributed by atoms with Crippen molar-refractivity contribution >= 4 is 34.0 Å². The van der Waals surface area contributed by atoms with Crippen LogP contribution in [-0.4, -0.2) is 33.2 Å². The normalized spacial score (nSPS) is 14.1. The van der Waals surface area contributed by atoms with E-state index < -0.39 is 11.3 Å². The smallest absolute Gasteiger partial charge is 0.259 e. The molecule has 1 amide bonds. The molecule has 1 fully saturated rings. The minimum Gasteiger partial charge on any atom is -0.494 e. The molecule has 0 unspecified atom stereocenters. The summed E-state index contributed by atoms with van der Waals surface area (Å²) in [4.78, 5) is 21.3. The largest absolute Gasteiger partial charge is 0.494 e. The van der Waals surface area contributed by atoms with E-state index in [9.17, 15) is 10.1 Å². The zero-order valence-corrected chi connectivity index (χ0v) is 17.1. The SMILES string of the molecule is COc1cnc(Cl)cc1-c1cc(C)ncc1C(=O)Nc1nnc(C2(C#N)CC2)s1. The highest BCUT2D eigenvalue weighted by Crippen LogP contribution is 2.49. The number of nitrogens with one attached hydrogen (secondary N) is 1. The Kier molecular flexibility index (Phi) is 4.90. The van der Waals surface area contributed by atoms with Gasteiger partial charge < -0.3 is 4.74 Å². The molecular formula is C19H15ClN6O2S. The minimum atomic E-state index is -0.543. The first-order valence-electron chi connectivity index (χ1n) is 8.69. The summed E-state index contributed by atoms with van der Waals surface area (Å²) in [5, 5.41) is 21.4. The van der Waals surface area contributed by atoms with Crippen LogP contribution in [0.5, 0.6) is 5.75 Å². The van der Waals surface area contributed by atoms with Gasteiger partial charge in [0.05, 0.1) is 24.9 Å². The van der Waals surface area contributed by atoms with Gasteiger partial charge >= 0.3 is 0 Å². The Hall–Kier alpha value is -3.09. The second-order valence-corrected chi connectivity index (χ2v) is 8.00. The monoisotopic (exact) mass is 426 g/mol. The van der Waals surface area contributed by atoms with Crippen molar-refractivity contribution in [2.75, 3.05) is 12.4 Å². The van der Waals surface area contributed by atoms with Crippen LogP contribution in [0.15, 0.2) is 24.5 Å². The number of nitrogens with zero attached hydrogens (tertiary/aromatic N) is 5. The average molecular weight is 427 g/mol. The van der Waals surface area contributed by atoms with Crippen LogP contribution in [0.25, 0.3) is 11.1 Å². The summed E-state index contributed by atoms with van der Waals surface area (Å²) in [6, 6.07) is 5.69. The molecule has 3 aromatic heterocycles. The van der Waals surface area contributed by atoms with Crippen molar-refractivity contribution in [2.45, 2.75) is 25.2 Å². The summed E-state index contributed by atoms with van der Waals surface area (Å²) < 4.78 is 5.38. The van der Waals surface area contributed by atoms with Crippen LogP contribution in [0.1, 0.15) is 33.9 Å². The molecule has 1 N–H and O–H groups in total. The molecule has 3 heterocycles. The Morgan fingerprint density at radius 2 is 2.07 bits per heavy atom. The van der Waals surface area contributed by atoms with E-state index in [1.807, 2.05) is 6.92 Å². The molecule has 1 saturated carbocycles. The zero-order valence-electron chi connectivity index (χ0n) is 15.6. The highest BCUT2D eigenvalue weighted by atomic mass is 35.5. The predicted octanol–water partition coefficient (Wildman–Crippen LogP) is 3.77. The Labute approximate surface area is 175 Å². The molecule has 10 heteroatoms. The number of carbonyl (C=O) groups is 1. The number of anilines is 1. The number of hydrogen-bond donors (Lipinski definition) is 1. The van der Waals surface area contributed by atoms with Crippen LogP contribution >= 0.6 is 22.9 Å². The first-order valence-corrected chi connectivity index (χ1v) is 9.88. The second kappa shape index (κ2) is 7.39. The van der Waals surface area contributed by atoms with Gasteiger partial charge in [0.15, 0.2) is 0 Å². The number of methoxy groups -OCH3 is 1. The van der Waals surface area contributed by atoms with Gasteiger partial charge in [0.1, 0.15) is 21.3 Å². The van der Waals surface area contributed by atoms with Gasteiger partial charge in [-0.1, -0.05) is 22.9 Å². The summed E-state index contributed by atoms with van der Waals surface area (Å²) >= 11 is 7.28. The number of halogens is 1. The van der Waals surface area contributed by atoms with Gasteiger partial charge in [-0.2, -0.15) is 5.26 Å². The fourth-order valence-electron chi connectivity index (χ4n) is 2.88. The molecule has 0 atom stereocenters. The lowest BCUT2D eigenvalue weighted by Crippen LogP contribution is -2.14. The van der Waals surface area contributed by atoms with Gasteiger partial charge in [-0.3, -0.25) is 15.1 Å². The average Bonchev–Trinajstić information content (AvgIpc) is 3.39. The first kappa shape index (κ1) is 19.2. The molecule has 8 nitrogen and oxygen atoms in total. The third-order valence-corrected chi connectivity index (χ3v) is 5.90. The quantitative estimate of drug-likeness (QED) is 0.617. The third-order valence-electron chi connectivity index (χ3n) is 4.65. The van der Waals surface area contributed by atoms with Crippen LogP contribution < -0.4 is 10.1 Å². The van der Waals surface area contributed by atoms with Crippen molar-refractivity contribution in [3.8, 4) is 22.9 Å². The molecule has 0 spiro atoms. The predicted molar refractivity (Wildman–Crippen MR) is 108 cm³/mol. The molecule has 29 heavy (non-hydrogen) atoms. The topological polar surface area (TPSA) is 114 Å². The van der Waals surface area contributed by atoms with E-state index in [4.69, 9.17) is 16.3 Å². The number of aromatic nitrogens is 4. The van der Waals surface area contributed by atoms with Crippen LogP contribution in [0, 0.1) is 18.3 Å². The van der Waals surface area contributed by atoms with Crippen molar-refractivity contribution in [1.82, 2.24) is 20.2 Å². The molecule has 0 aromatic carbocycles. The molecule has 146 valence electrons. The van der Waals surface area contributed by atoms with Crippen molar-refractivity contribution in [1.29, 1.82) is 5.26 Å². The molecule has 0 saturated heterocycles. The van der Waals surface area contributed by atoms with E-state index in [0.29, 0.717) is 32.6 Å². The Morgan fingerprint density at radius 3 is 2.76 bits per heavy atom. The Balaban J connectivity index is 1.68. The number of nitriles is 1. The number of carbonyl (C=O) groups excluding carboxylic acids is 1. The number of aryl methyl sites for hydroxylation is 1. The van der Waals surface area contributed by atoms with Crippen molar-refractivity contribution in [3.63, 3.8) is 0 Å². The van der Waals surface area contributed by atoms with E-state index in [1.54, 1.807) is 12.1 Å². The van der Waals surface area contributed by atoms with Gasteiger partial charge in [-0.15, -0.1) is 10.2 Å². The summed E-state index contributed by atoms with van der Waals surface area (Å²) in [7, 11) is 1.52. The third kappa shape index (κ3) is 3.64. The molecule has 1 aliphatic rings. The second-order valence-electron chi connectivity index (χ2n) is 6.64. The number of amides is 1. The summed E-state index contributed by atoms with van der Waals surface area (Å²) in [6.07, 6.45) is 4.53. The summed E-state index contributed by atoms with van der Waals surface area (Å²) in [6.45, 7) is 1.83. The number of ether oxygens (including phenoxy) is 1. The van der Waals surface area contributed by atoms with Crippen LogP contribution in [0.2, 0.25) is 5.15 Å². The fraction of sp³-hybridized carbons (Fsp3) is 0.263. The van der Waals surface area contributed by atoms with Crippen molar-refractivity contribution in [2.24, 2.45) is 0 Å². The number of hydrogen-bond acceptors (Lipinski definition) is 8. The maximum Gasteiger partial charge on any atom is 0.259 e. The maximum absolute atomic E-state index is 13.0. The van der Waals surface area contributed by atoms with Gasteiger partial charge in [0.25, 0.3) is 5.91 Å².